The number of unbranched alkanes of at least 4 members (excludes halogenated alkanes) is 4. The van der Waals surface area contributed by atoms with Crippen LogP contribution in [0.4, 0.5) is 0 Å². The van der Waals surface area contributed by atoms with Gasteiger partial charge in [0, 0.05) is 0 Å². The summed E-state index contributed by atoms with van der Waals surface area (Å²) in [5.74, 6) is 0. The van der Waals surface area contributed by atoms with Crippen LogP contribution in [-0.2, 0) is 5.41 Å². The van der Waals surface area contributed by atoms with Crippen LogP contribution < -0.4 is 0 Å². The van der Waals surface area contributed by atoms with Crippen LogP contribution in [0.1, 0.15) is 62.1 Å². The summed E-state index contributed by atoms with van der Waals surface area (Å²) in [6.45, 7) is 2.28. The molecule has 1 heteroatoms. The zero-order valence-corrected chi connectivity index (χ0v) is 18.2. The van der Waals surface area contributed by atoms with Crippen LogP contribution in [0.3, 0.4) is 0 Å². The zero-order valence-electron chi connectivity index (χ0n) is 17.1. The zero-order chi connectivity index (χ0) is 19.7. The second-order valence-corrected chi connectivity index (χ2v) is 8.52. The topological polar surface area (TPSA) is 0 Å². The van der Waals surface area contributed by atoms with Gasteiger partial charge in [-0.25, -0.2) is 0 Å². The molecule has 0 saturated carbocycles. The number of hydrogen-bond acceptors (Lipinski definition) is 0. The normalized spacial score (nSPS) is 12.6. The Balaban J connectivity index is 2.06. The van der Waals surface area contributed by atoms with Gasteiger partial charge in [0.2, 0.25) is 0 Å². The minimum atomic E-state index is -0.154. The molecule has 0 fully saturated rings. The third kappa shape index (κ3) is 4.56. The van der Waals surface area contributed by atoms with E-state index in [1.54, 1.807) is 0 Å². The van der Waals surface area contributed by atoms with Crippen molar-refractivity contribution in [3.8, 4) is 0 Å². The van der Waals surface area contributed by atoms with Gasteiger partial charge in [0.25, 0.3) is 0 Å². The molecular weight excluding hydrogens is 355 g/mol. The minimum absolute atomic E-state index is 0.154. The lowest BCUT2D eigenvalue weighted by Crippen LogP contribution is -2.38. The molecule has 0 heterocycles. The van der Waals surface area contributed by atoms with Gasteiger partial charge in [-0.15, -0.1) is 9.24 Å². The Labute approximate surface area is 173 Å². The van der Waals surface area contributed by atoms with Crippen molar-refractivity contribution < 1.29 is 0 Å². The molecule has 146 valence electrons. The van der Waals surface area contributed by atoms with E-state index in [-0.39, 0.29) is 5.41 Å². The number of rotatable bonds is 10. The Bertz CT molecular complexity index is 699. The van der Waals surface area contributed by atoms with Crippen LogP contribution in [0.2, 0.25) is 0 Å². The average Bonchev–Trinajstić information content (AvgIpc) is 2.76. The third-order valence-corrected chi connectivity index (χ3v) is 6.70. The van der Waals surface area contributed by atoms with Crippen LogP contribution in [-0.4, -0.2) is 5.66 Å². The second-order valence-electron chi connectivity index (χ2n) is 7.72. The highest BCUT2D eigenvalue weighted by Gasteiger charge is 2.41. The summed E-state index contributed by atoms with van der Waals surface area (Å²) < 4.78 is 0. The van der Waals surface area contributed by atoms with Gasteiger partial charge in [-0.3, -0.25) is 0 Å². The van der Waals surface area contributed by atoms with E-state index in [1.807, 2.05) is 0 Å². The monoisotopic (exact) mass is 388 g/mol. The summed E-state index contributed by atoms with van der Waals surface area (Å²) in [5.41, 5.74) is 4.41. The van der Waals surface area contributed by atoms with Gasteiger partial charge in [-0.2, -0.15) is 0 Å². The molecule has 0 aromatic heterocycles. The summed E-state index contributed by atoms with van der Waals surface area (Å²) in [6, 6.07) is 33.2. The maximum atomic E-state index is 3.22. The summed E-state index contributed by atoms with van der Waals surface area (Å²) in [5, 5.41) is 0. The lowest BCUT2D eigenvalue weighted by molar-refractivity contribution is 0.512. The Morgan fingerprint density at radius 2 is 1.00 bits per heavy atom. The molecule has 0 spiro atoms. The fourth-order valence-corrected chi connectivity index (χ4v) is 5.24. The van der Waals surface area contributed by atoms with Crippen molar-refractivity contribution in [3.05, 3.63) is 108 Å². The molecule has 3 aromatic rings. The van der Waals surface area contributed by atoms with Crippen molar-refractivity contribution >= 4 is 9.24 Å². The van der Waals surface area contributed by atoms with Crippen LogP contribution in [0.5, 0.6) is 0 Å². The molecule has 28 heavy (non-hydrogen) atoms. The van der Waals surface area contributed by atoms with E-state index in [0.29, 0.717) is 5.66 Å². The van der Waals surface area contributed by atoms with Gasteiger partial charge in [0.1, 0.15) is 0 Å². The van der Waals surface area contributed by atoms with Gasteiger partial charge in [0.15, 0.2) is 0 Å². The Morgan fingerprint density at radius 1 is 0.607 bits per heavy atom. The minimum Gasteiger partial charge on any atom is -0.133 e. The second kappa shape index (κ2) is 10.6. The fraction of sp³-hybridized carbons (Fsp3) is 0.333. The Hall–Kier alpha value is -1.91. The Morgan fingerprint density at radius 3 is 1.39 bits per heavy atom. The van der Waals surface area contributed by atoms with Gasteiger partial charge >= 0.3 is 0 Å². The van der Waals surface area contributed by atoms with Crippen LogP contribution in [0.15, 0.2) is 91.0 Å². The van der Waals surface area contributed by atoms with E-state index in [4.69, 9.17) is 0 Å². The lowest BCUT2D eigenvalue weighted by Gasteiger charge is -2.41. The van der Waals surface area contributed by atoms with Crippen molar-refractivity contribution in [2.45, 2.75) is 56.5 Å². The summed E-state index contributed by atoms with van der Waals surface area (Å²) >= 11 is 0. The quantitative estimate of drug-likeness (QED) is 0.190. The van der Waals surface area contributed by atoms with Gasteiger partial charge in [-0.05, 0) is 28.8 Å². The molecule has 3 rings (SSSR count). The molecule has 0 N–H and O–H groups in total. The summed E-state index contributed by atoms with van der Waals surface area (Å²) in [7, 11) is 3.22. The van der Waals surface area contributed by atoms with E-state index in [0.717, 1.165) is 0 Å². The molecule has 0 saturated heterocycles. The van der Waals surface area contributed by atoms with Gasteiger partial charge < -0.3 is 0 Å². The van der Waals surface area contributed by atoms with E-state index < -0.39 is 0 Å². The predicted molar refractivity (Wildman–Crippen MR) is 126 cm³/mol. The Kier molecular flexibility index (Phi) is 7.87. The maximum absolute atomic E-state index is 3.22. The molecular formula is C27H33P. The molecule has 2 atom stereocenters. The number of hydrogen-bond donors (Lipinski definition) is 0. The van der Waals surface area contributed by atoms with Crippen LogP contribution >= 0.6 is 9.24 Å². The van der Waals surface area contributed by atoms with Crippen molar-refractivity contribution in [2.75, 3.05) is 0 Å². The molecule has 3 aromatic carbocycles. The first-order valence-corrected chi connectivity index (χ1v) is 11.4. The molecule has 0 radical (unpaired) electrons. The van der Waals surface area contributed by atoms with Crippen LogP contribution in [0.25, 0.3) is 0 Å². The smallest absolute Gasteiger partial charge is 0.0513 e. The highest BCUT2D eigenvalue weighted by molar-refractivity contribution is 7.17. The first kappa shape index (κ1) is 20.8. The molecule has 0 aliphatic carbocycles. The highest BCUT2D eigenvalue weighted by Crippen LogP contribution is 2.46. The molecule has 0 amide bonds. The summed E-state index contributed by atoms with van der Waals surface area (Å²) in [6.07, 6.45) is 7.81. The molecule has 0 nitrogen and oxygen atoms in total. The largest absolute Gasteiger partial charge is 0.133 e. The van der Waals surface area contributed by atoms with Crippen molar-refractivity contribution in [3.63, 3.8) is 0 Å². The SMILES string of the molecule is CCCCCCCC(P)C(c1ccccc1)(c1ccccc1)c1ccccc1. The van der Waals surface area contributed by atoms with E-state index in [9.17, 15) is 0 Å². The third-order valence-electron chi connectivity index (χ3n) is 5.86. The van der Waals surface area contributed by atoms with E-state index >= 15 is 0 Å². The van der Waals surface area contributed by atoms with Crippen molar-refractivity contribution in [1.82, 2.24) is 0 Å². The average molecular weight is 389 g/mol. The van der Waals surface area contributed by atoms with E-state index in [2.05, 4.69) is 107 Å². The maximum Gasteiger partial charge on any atom is 0.0513 e. The number of benzene rings is 3. The van der Waals surface area contributed by atoms with Crippen molar-refractivity contribution in [1.29, 1.82) is 0 Å². The first-order chi connectivity index (χ1) is 13.8. The molecule has 0 bridgehead atoms. The predicted octanol–water partition coefficient (Wildman–Crippen LogP) is 7.63. The van der Waals surface area contributed by atoms with Gasteiger partial charge in [-0.1, -0.05) is 130 Å². The lowest BCUT2D eigenvalue weighted by atomic mass is 9.66. The molecule has 0 aliphatic heterocycles. The fourth-order valence-electron chi connectivity index (χ4n) is 4.43. The molecule has 0 aliphatic rings. The molecule has 2 unspecified atom stereocenters. The van der Waals surface area contributed by atoms with Crippen molar-refractivity contribution in [2.24, 2.45) is 0 Å². The van der Waals surface area contributed by atoms with Gasteiger partial charge in [0.05, 0.1) is 5.41 Å². The standard InChI is InChI=1S/C27H33P/c1-2-3-4-5-15-22-26(28)27(23-16-9-6-10-17-23,24-18-11-7-12-19-24)25-20-13-8-14-21-25/h6-14,16-21,26H,2-5,15,22,28H2,1H3. The summed E-state index contributed by atoms with van der Waals surface area (Å²) in [4.78, 5) is 0. The van der Waals surface area contributed by atoms with Crippen LogP contribution in [0, 0.1) is 0 Å². The highest BCUT2D eigenvalue weighted by atomic mass is 31.0. The first-order valence-electron chi connectivity index (χ1n) is 10.7. The van der Waals surface area contributed by atoms with E-state index in [1.165, 1.54) is 55.2 Å².